The maximum atomic E-state index is 9.28. The molecule has 1 aromatic rings. The van der Waals surface area contributed by atoms with Crippen molar-refractivity contribution in [3.05, 3.63) is 28.8 Å². The predicted octanol–water partition coefficient (Wildman–Crippen LogP) is 3.43. The van der Waals surface area contributed by atoms with Crippen molar-refractivity contribution in [2.45, 2.75) is 27.3 Å². The summed E-state index contributed by atoms with van der Waals surface area (Å²) in [5.74, 6) is 1.49. The Morgan fingerprint density at radius 2 is 2.00 bits per heavy atom. The van der Waals surface area contributed by atoms with Gasteiger partial charge in [0, 0.05) is 6.54 Å². The van der Waals surface area contributed by atoms with Crippen molar-refractivity contribution in [3.8, 4) is 5.75 Å². The second-order valence-electron chi connectivity index (χ2n) is 4.64. The number of rotatable bonds is 5. The summed E-state index contributed by atoms with van der Waals surface area (Å²) in [6.45, 7) is 8.47. The van der Waals surface area contributed by atoms with E-state index < -0.39 is 0 Å². The molecule has 0 aromatic heterocycles. The van der Waals surface area contributed by atoms with Crippen molar-refractivity contribution in [2.24, 2.45) is 11.8 Å². The van der Waals surface area contributed by atoms with Crippen molar-refractivity contribution in [2.75, 3.05) is 6.54 Å². The van der Waals surface area contributed by atoms with Gasteiger partial charge in [0.2, 0.25) is 0 Å². The van der Waals surface area contributed by atoms with Gasteiger partial charge in [-0.25, -0.2) is 0 Å². The third-order valence-electron chi connectivity index (χ3n) is 2.95. The molecular weight excluding hydrogens is 222 g/mol. The van der Waals surface area contributed by atoms with Gasteiger partial charge < -0.3 is 10.4 Å². The number of benzene rings is 1. The molecule has 0 aliphatic carbocycles. The zero-order chi connectivity index (χ0) is 12.1. The van der Waals surface area contributed by atoms with Crippen LogP contribution in [-0.2, 0) is 6.54 Å². The molecule has 0 heterocycles. The van der Waals surface area contributed by atoms with Crippen LogP contribution in [0.5, 0.6) is 5.75 Å². The maximum absolute atomic E-state index is 9.28. The fourth-order valence-electron chi connectivity index (χ4n) is 1.34. The molecule has 1 atom stereocenters. The van der Waals surface area contributed by atoms with Gasteiger partial charge in [-0.3, -0.25) is 0 Å². The Hall–Kier alpha value is -0.730. The van der Waals surface area contributed by atoms with E-state index in [-0.39, 0.29) is 5.75 Å². The van der Waals surface area contributed by atoms with Crippen LogP contribution in [-0.4, -0.2) is 11.7 Å². The second kappa shape index (κ2) is 6.12. The fraction of sp³-hybridized carbons (Fsp3) is 0.538. The molecule has 0 bridgehead atoms. The molecule has 0 fully saturated rings. The highest BCUT2D eigenvalue weighted by Crippen LogP contribution is 2.23. The lowest BCUT2D eigenvalue weighted by Gasteiger charge is -2.16. The zero-order valence-electron chi connectivity index (χ0n) is 10.1. The van der Waals surface area contributed by atoms with E-state index in [1.165, 1.54) is 0 Å². The van der Waals surface area contributed by atoms with Gasteiger partial charge in [0.25, 0.3) is 0 Å². The average Bonchev–Trinajstić information content (AvgIpc) is 2.23. The molecule has 2 N–H and O–H groups in total. The van der Waals surface area contributed by atoms with Gasteiger partial charge in [-0.2, -0.15) is 0 Å². The van der Waals surface area contributed by atoms with E-state index in [0.29, 0.717) is 16.9 Å². The first-order valence-electron chi connectivity index (χ1n) is 5.68. The maximum Gasteiger partial charge on any atom is 0.134 e. The SMILES string of the molecule is CC(C)C(C)CNCc1ccc(O)c(Cl)c1. The number of halogens is 1. The van der Waals surface area contributed by atoms with Crippen LogP contribution in [0.3, 0.4) is 0 Å². The minimum atomic E-state index is 0.140. The Morgan fingerprint density at radius 1 is 1.31 bits per heavy atom. The number of hydrogen-bond acceptors (Lipinski definition) is 2. The molecule has 0 saturated heterocycles. The van der Waals surface area contributed by atoms with E-state index >= 15 is 0 Å². The number of phenolic OH excluding ortho intramolecular Hbond substituents is 1. The minimum absolute atomic E-state index is 0.140. The van der Waals surface area contributed by atoms with E-state index in [1.54, 1.807) is 12.1 Å². The highest BCUT2D eigenvalue weighted by molar-refractivity contribution is 6.32. The molecule has 2 nitrogen and oxygen atoms in total. The highest BCUT2D eigenvalue weighted by Gasteiger charge is 2.06. The average molecular weight is 242 g/mol. The normalized spacial score (nSPS) is 13.1. The summed E-state index contributed by atoms with van der Waals surface area (Å²) in [4.78, 5) is 0. The lowest BCUT2D eigenvalue weighted by Crippen LogP contribution is -2.23. The first-order valence-corrected chi connectivity index (χ1v) is 6.06. The summed E-state index contributed by atoms with van der Waals surface area (Å²) in [7, 11) is 0. The van der Waals surface area contributed by atoms with E-state index in [2.05, 4.69) is 26.1 Å². The quantitative estimate of drug-likeness (QED) is 0.828. The van der Waals surface area contributed by atoms with Crippen molar-refractivity contribution >= 4 is 11.6 Å². The minimum Gasteiger partial charge on any atom is -0.506 e. The van der Waals surface area contributed by atoms with Gasteiger partial charge in [0.15, 0.2) is 0 Å². The summed E-state index contributed by atoms with van der Waals surface area (Å²) in [5.41, 5.74) is 1.10. The summed E-state index contributed by atoms with van der Waals surface area (Å²) in [6.07, 6.45) is 0. The van der Waals surface area contributed by atoms with E-state index in [4.69, 9.17) is 11.6 Å². The summed E-state index contributed by atoms with van der Waals surface area (Å²) < 4.78 is 0. The van der Waals surface area contributed by atoms with Crippen molar-refractivity contribution in [1.29, 1.82) is 0 Å². The molecule has 90 valence electrons. The van der Waals surface area contributed by atoms with Crippen LogP contribution in [0.25, 0.3) is 0 Å². The molecule has 3 heteroatoms. The number of phenols is 1. The molecule has 1 rings (SSSR count). The van der Waals surface area contributed by atoms with E-state index in [1.807, 2.05) is 6.07 Å². The van der Waals surface area contributed by atoms with Crippen LogP contribution in [0.2, 0.25) is 5.02 Å². The number of nitrogens with one attached hydrogen (secondary N) is 1. The van der Waals surface area contributed by atoms with Gasteiger partial charge in [0.05, 0.1) is 5.02 Å². The largest absolute Gasteiger partial charge is 0.506 e. The Kier molecular flexibility index (Phi) is 5.10. The van der Waals surface area contributed by atoms with Crippen LogP contribution in [0, 0.1) is 11.8 Å². The first-order chi connectivity index (χ1) is 7.50. The van der Waals surface area contributed by atoms with Crippen LogP contribution in [0.1, 0.15) is 26.3 Å². The predicted molar refractivity (Wildman–Crippen MR) is 68.8 cm³/mol. The first kappa shape index (κ1) is 13.3. The van der Waals surface area contributed by atoms with Gasteiger partial charge in [-0.1, -0.05) is 38.4 Å². The van der Waals surface area contributed by atoms with Crippen LogP contribution in [0.15, 0.2) is 18.2 Å². The topological polar surface area (TPSA) is 32.3 Å². The third-order valence-corrected chi connectivity index (χ3v) is 3.25. The third kappa shape index (κ3) is 4.03. The molecule has 0 spiro atoms. The lowest BCUT2D eigenvalue weighted by atomic mass is 9.98. The Morgan fingerprint density at radius 3 is 2.56 bits per heavy atom. The van der Waals surface area contributed by atoms with Gasteiger partial charge in [-0.15, -0.1) is 0 Å². The number of aromatic hydroxyl groups is 1. The highest BCUT2D eigenvalue weighted by atomic mass is 35.5. The van der Waals surface area contributed by atoms with Crippen LogP contribution >= 0.6 is 11.6 Å². The molecular formula is C13H20ClNO. The smallest absolute Gasteiger partial charge is 0.134 e. The summed E-state index contributed by atoms with van der Waals surface area (Å²) >= 11 is 5.83. The molecule has 0 aliphatic rings. The number of hydrogen-bond donors (Lipinski definition) is 2. The van der Waals surface area contributed by atoms with E-state index in [9.17, 15) is 5.11 Å². The summed E-state index contributed by atoms with van der Waals surface area (Å²) in [5, 5.41) is 13.1. The standard InChI is InChI=1S/C13H20ClNO/c1-9(2)10(3)7-15-8-11-4-5-13(16)12(14)6-11/h4-6,9-10,15-16H,7-8H2,1-3H3. The van der Waals surface area contributed by atoms with Crippen molar-refractivity contribution in [1.82, 2.24) is 5.32 Å². The summed E-state index contributed by atoms with van der Waals surface area (Å²) in [6, 6.07) is 5.31. The molecule has 1 aromatic carbocycles. The second-order valence-corrected chi connectivity index (χ2v) is 5.05. The Labute approximate surface area is 103 Å². The fourth-order valence-corrected chi connectivity index (χ4v) is 1.54. The van der Waals surface area contributed by atoms with Gasteiger partial charge in [-0.05, 0) is 36.1 Å². The van der Waals surface area contributed by atoms with Crippen molar-refractivity contribution < 1.29 is 5.11 Å². The van der Waals surface area contributed by atoms with Crippen LogP contribution in [0.4, 0.5) is 0 Å². The Balaban J connectivity index is 2.40. The van der Waals surface area contributed by atoms with Crippen LogP contribution < -0.4 is 5.32 Å². The molecule has 0 aliphatic heterocycles. The molecule has 0 saturated carbocycles. The molecule has 1 unspecified atom stereocenters. The van der Waals surface area contributed by atoms with Gasteiger partial charge in [0.1, 0.15) is 5.75 Å². The monoisotopic (exact) mass is 241 g/mol. The zero-order valence-corrected chi connectivity index (χ0v) is 10.9. The molecule has 0 radical (unpaired) electrons. The van der Waals surface area contributed by atoms with Gasteiger partial charge >= 0.3 is 0 Å². The Bertz CT molecular complexity index is 339. The lowest BCUT2D eigenvalue weighted by molar-refractivity contribution is 0.392. The molecule has 0 amide bonds. The molecule has 16 heavy (non-hydrogen) atoms. The van der Waals surface area contributed by atoms with E-state index in [0.717, 1.165) is 18.7 Å². The van der Waals surface area contributed by atoms with Crippen molar-refractivity contribution in [3.63, 3.8) is 0 Å².